The molecule has 1 aromatic carbocycles. The Morgan fingerprint density at radius 2 is 1.71 bits per heavy atom. The predicted octanol–water partition coefficient (Wildman–Crippen LogP) is 5.36. The number of benzene rings is 1. The van der Waals surface area contributed by atoms with Gasteiger partial charge >= 0.3 is 11.9 Å². The number of carboxylic acids is 2. The number of carbonyl (C=O) groups is 2. The molecule has 0 aliphatic rings. The third-order valence-corrected chi connectivity index (χ3v) is 4.97. The second-order valence-electron chi connectivity index (χ2n) is 6.60. The van der Waals surface area contributed by atoms with E-state index in [1.54, 1.807) is 0 Å². The Kier molecular flexibility index (Phi) is 7.96. The van der Waals surface area contributed by atoms with Crippen molar-refractivity contribution in [2.45, 2.75) is 72.1 Å². The zero-order valence-electron chi connectivity index (χ0n) is 15.3. The summed E-state index contributed by atoms with van der Waals surface area (Å²) < 4.78 is 0. The van der Waals surface area contributed by atoms with Gasteiger partial charge in [-0.2, -0.15) is 0 Å². The van der Waals surface area contributed by atoms with Crippen LogP contribution in [0.1, 0.15) is 97.6 Å². The van der Waals surface area contributed by atoms with Crippen LogP contribution in [-0.4, -0.2) is 22.2 Å². The average Bonchev–Trinajstić information content (AvgIpc) is 2.56. The third kappa shape index (κ3) is 4.83. The second kappa shape index (κ2) is 9.45. The molecule has 2 N–H and O–H groups in total. The highest BCUT2D eigenvalue weighted by Gasteiger charge is 2.25. The highest BCUT2D eigenvalue weighted by Crippen LogP contribution is 2.31. The van der Waals surface area contributed by atoms with Gasteiger partial charge in [-0.05, 0) is 41.9 Å². The topological polar surface area (TPSA) is 74.6 Å². The molecule has 2 unspecified atom stereocenters. The Bertz CT molecular complexity index is 577. The SMILES string of the molecule is CCCCC(CC)Cc1c(C(C)CC)ccc(C(=O)O)c1C(=O)O. The van der Waals surface area contributed by atoms with Crippen LogP contribution in [0.25, 0.3) is 0 Å². The van der Waals surface area contributed by atoms with E-state index in [-0.39, 0.29) is 17.0 Å². The fourth-order valence-electron chi connectivity index (χ4n) is 3.22. The summed E-state index contributed by atoms with van der Waals surface area (Å²) in [7, 11) is 0. The van der Waals surface area contributed by atoms with Crippen molar-refractivity contribution in [3.8, 4) is 0 Å². The van der Waals surface area contributed by atoms with E-state index in [4.69, 9.17) is 0 Å². The van der Waals surface area contributed by atoms with Gasteiger partial charge in [0.05, 0.1) is 11.1 Å². The molecule has 0 amide bonds. The molecule has 4 heteroatoms. The second-order valence-corrected chi connectivity index (χ2v) is 6.60. The maximum absolute atomic E-state index is 11.8. The third-order valence-electron chi connectivity index (χ3n) is 4.97. The first kappa shape index (κ1) is 20.2. The first-order chi connectivity index (χ1) is 11.4. The summed E-state index contributed by atoms with van der Waals surface area (Å²) in [5, 5.41) is 19.1. The van der Waals surface area contributed by atoms with Crippen LogP contribution < -0.4 is 0 Å². The van der Waals surface area contributed by atoms with Crippen LogP contribution in [0, 0.1) is 5.92 Å². The standard InChI is InChI=1S/C20H30O4/c1-5-8-9-14(7-3)12-17-15(13(4)6-2)10-11-16(19(21)22)18(17)20(23)24/h10-11,13-14H,5-9,12H2,1-4H3,(H,21,22)(H,23,24). The monoisotopic (exact) mass is 334 g/mol. The van der Waals surface area contributed by atoms with Crippen molar-refractivity contribution in [3.63, 3.8) is 0 Å². The first-order valence-corrected chi connectivity index (χ1v) is 8.99. The molecule has 0 aliphatic carbocycles. The number of unbranched alkanes of at least 4 members (excludes halogenated alkanes) is 1. The van der Waals surface area contributed by atoms with Crippen molar-refractivity contribution in [1.29, 1.82) is 0 Å². The summed E-state index contributed by atoms with van der Waals surface area (Å²) >= 11 is 0. The van der Waals surface area contributed by atoms with Crippen molar-refractivity contribution in [2.24, 2.45) is 5.92 Å². The van der Waals surface area contributed by atoms with Gasteiger partial charge in [-0.1, -0.05) is 59.4 Å². The van der Waals surface area contributed by atoms with E-state index in [0.29, 0.717) is 12.3 Å². The molecule has 0 radical (unpaired) electrons. The molecule has 2 atom stereocenters. The van der Waals surface area contributed by atoms with Gasteiger partial charge in [0, 0.05) is 0 Å². The van der Waals surface area contributed by atoms with Gasteiger partial charge < -0.3 is 10.2 Å². The summed E-state index contributed by atoms with van der Waals surface area (Å²) in [5.74, 6) is -1.72. The van der Waals surface area contributed by atoms with Gasteiger partial charge in [0.1, 0.15) is 0 Å². The molecule has 0 saturated carbocycles. The van der Waals surface area contributed by atoms with E-state index in [0.717, 1.165) is 43.2 Å². The Morgan fingerprint density at radius 1 is 1.04 bits per heavy atom. The van der Waals surface area contributed by atoms with Gasteiger partial charge in [0.2, 0.25) is 0 Å². The number of rotatable bonds is 10. The largest absolute Gasteiger partial charge is 0.478 e. The number of aromatic carboxylic acids is 2. The Balaban J connectivity index is 3.46. The van der Waals surface area contributed by atoms with E-state index < -0.39 is 11.9 Å². The van der Waals surface area contributed by atoms with Gasteiger partial charge in [-0.15, -0.1) is 0 Å². The molecule has 0 saturated heterocycles. The quantitative estimate of drug-likeness (QED) is 0.604. The minimum Gasteiger partial charge on any atom is -0.478 e. The predicted molar refractivity (Wildman–Crippen MR) is 96.1 cm³/mol. The van der Waals surface area contributed by atoms with Crippen LogP contribution in [0.5, 0.6) is 0 Å². The highest BCUT2D eigenvalue weighted by atomic mass is 16.4. The van der Waals surface area contributed by atoms with Crippen LogP contribution in [0.15, 0.2) is 12.1 Å². The van der Waals surface area contributed by atoms with Gasteiger partial charge in [0.25, 0.3) is 0 Å². The fraction of sp³-hybridized carbons (Fsp3) is 0.600. The lowest BCUT2D eigenvalue weighted by Crippen LogP contribution is -2.17. The highest BCUT2D eigenvalue weighted by molar-refractivity contribution is 6.03. The van der Waals surface area contributed by atoms with Gasteiger partial charge in [0.15, 0.2) is 0 Å². The number of hydrogen-bond donors (Lipinski definition) is 2. The minimum atomic E-state index is -1.18. The van der Waals surface area contributed by atoms with Gasteiger partial charge in [-0.25, -0.2) is 9.59 Å². The maximum Gasteiger partial charge on any atom is 0.336 e. The lowest BCUT2D eigenvalue weighted by Gasteiger charge is -2.22. The zero-order valence-corrected chi connectivity index (χ0v) is 15.3. The first-order valence-electron chi connectivity index (χ1n) is 8.99. The molecule has 4 nitrogen and oxygen atoms in total. The van der Waals surface area contributed by atoms with Crippen LogP contribution in [0.2, 0.25) is 0 Å². The van der Waals surface area contributed by atoms with E-state index in [9.17, 15) is 19.8 Å². The van der Waals surface area contributed by atoms with Crippen molar-refractivity contribution in [2.75, 3.05) is 0 Å². The fourth-order valence-corrected chi connectivity index (χ4v) is 3.22. The summed E-state index contributed by atoms with van der Waals surface area (Å²) in [5.41, 5.74) is 1.58. The molecule has 0 bridgehead atoms. The Morgan fingerprint density at radius 3 is 2.17 bits per heavy atom. The molecule has 0 aromatic heterocycles. The van der Waals surface area contributed by atoms with Crippen molar-refractivity contribution in [1.82, 2.24) is 0 Å². The zero-order chi connectivity index (χ0) is 18.3. The molecule has 0 spiro atoms. The summed E-state index contributed by atoms with van der Waals surface area (Å²) in [6.07, 6.45) is 5.76. The normalized spacial score (nSPS) is 13.5. The summed E-state index contributed by atoms with van der Waals surface area (Å²) in [4.78, 5) is 23.3. The van der Waals surface area contributed by atoms with Crippen LogP contribution in [-0.2, 0) is 6.42 Å². The Hall–Kier alpha value is -1.84. The molecule has 24 heavy (non-hydrogen) atoms. The smallest absolute Gasteiger partial charge is 0.336 e. The van der Waals surface area contributed by atoms with Crippen LogP contribution in [0.3, 0.4) is 0 Å². The van der Waals surface area contributed by atoms with E-state index >= 15 is 0 Å². The van der Waals surface area contributed by atoms with Crippen LogP contribution >= 0.6 is 0 Å². The molecule has 0 heterocycles. The molecular weight excluding hydrogens is 304 g/mol. The van der Waals surface area contributed by atoms with E-state index in [1.807, 2.05) is 6.07 Å². The summed E-state index contributed by atoms with van der Waals surface area (Å²) in [6, 6.07) is 3.26. The molecule has 134 valence electrons. The van der Waals surface area contributed by atoms with Crippen LogP contribution in [0.4, 0.5) is 0 Å². The van der Waals surface area contributed by atoms with Crippen molar-refractivity contribution >= 4 is 11.9 Å². The molecule has 0 fully saturated rings. The number of hydrogen-bond acceptors (Lipinski definition) is 2. The molecule has 1 rings (SSSR count). The lowest BCUT2D eigenvalue weighted by atomic mass is 9.82. The van der Waals surface area contributed by atoms with Crippen molar-refractivity contribution < 1.29 is 19.8 Å². The molecule has 0 aliphatic heterocycles. The van der Waals surface area contributed by atoms with Crippen molar-refractivity contribution in [3.05, 3.63) is 34.4 Å². The minimum absolute atomic E-state index is 0.0183. The molecule has 1 aromatic rings. The van der Waals surface area contributed by atoms with Gasteiger partial charge in [-0.3, -0.25) is 0 Å². The average molecular weight is 334 g/mol. The van der Waals surface area contributed by atoms with E-state index in [2.05, 4.69) is 27.7 Å². The summed E-state index contributed by atoms with van der Waals surface area (Å²) in [6.45, 7) is 8.39. The lowest BCUT2D eigenvalue weighted by molar-refractivity contribution is 0.0650. The molecular formula is C20H30O4. The Labute approximate surface area is 144 Å². The maximum atomic E-state index is 11.8. The number of carboxylic acid groups (broad SMARTS) is 2. The van der Waals surface area contributed by atoms with E-state index in [1.165, 1.54) is 6.07 Å².